The standard InChI is InChI=1S/C25H30O3/c1-3-5-17-27-24-11-7-9-21(19-24)13-15-23(26)16-14-22-10-8-12-25(20-22)28-18-6-4-2/h7-16,19-20H,3-6,17-18H2,1-2H3/b15-13+,16-14+. The average Bonchev–Trinajstić information content (AvgIpc) is 2.72. The maximum Gasteiger partial charge on any atom is 0.178 e. The van der Waals surface area contributed by atoms with Crippen molar-refractivity contribution in [3.63, 3.8) is 0 Å². The fourth-order valence-electron chi connectivity index (χ4n) is 2.50. The van der Waals surface area contributed by atoms with Crippen LogP contribution in [0.3, 0.4) is 0 Å². The van der Waals surface area contributed by atoms with Gasteiger partial charge in [0.05, 0.1) is 13.2 Å². The Morgan fingerprint density at radius 1 is 0.786 bits per heavy atom. The van der Waals surface area contributed by atoms with Crippen molar-refractivity contribution < 1.29 is 14.3 Å². The third-order valence-corrected chi connectivity index (χ3v) is 4.13. The van der Waals surface area contributed by atoms with Crippen LogP contribution >= 0.6 is 0 Å². The molecule has 0 heterocycles. The van der Waals surface area contributed by atoms with Gasteiger partial charge in [-0.3, -0.25) is 4.79 Å². The molecule has 0 atom stereocenters. The van der Waals surface area contributed by atoms with Crippen LogP contribution in [0, 0.1) is 0 Å². The topological polar surface area (TPSA) is 35.5 Å². The van der Waals surface area contributed by atoms with E-state index in [0.29, 0.717) is 13.2 Å². The molecule has 0 saturated heterocycles. The van der Waals surface area contributed by atoms with Crippen LogP contribution in [0.2, 0.25) is 0 Å². The molecule has 2 aromatic rings. The first-order chi connectivity index (χ1) is 13.7. The summed E-state index contributed by atoms with van der Waals surface area (Å²) in [6.07, 6.45) is 11.0. The fourth-order valence-corrected chi connectivity index (χ4v) is 2.50. The Bertz CT molecular complexity index is 724. The molecule has 0 aliphatic carbocycles. The zero-order chi connectivity index (χ0) is 20.0. The monoisotopic (exact) mass is 378 g/mol. The van der Waals surface area contributed by atoms with Crippen molar-refractivity contribution in [3.8, 4) is 11.5 Å². The SMILES string of the molecule is CCCCOc1cccc(/C=C/C(=O)/C=C/c2cccc(OCCCC)c2)c1. The van der Waals surface area contributed by atoms with E-state index in [1.54, 1.807) is 12.2 Å². The lowest BCUT2D eigenvalue weighted by molar-refractivity contribution is -0.110. The van der Waals surface area contributed by atoms with Crippen molar-refractivity contribution in [1.82, 2.24) is 0 Å². The van der Waals surface area contributed by atoms with Crippen LogP contribution in [0.25, 0.3) is 12.2 Å². The summed E-state index contributed by atoms with van der Waals surface area (Å²) < 4.78 is 11.4. The van der Waals surface area contributed by atoms with Gasteiger partial charge in [0.25, 0.3) is 0 Å². The van der Waals surface area contributed by atoms with Gasteiger partial charge in [-0.05, 0) is 60.4 Å². The molecule has 0 bridgehead atoms. The van der Waals surface area contributed by atoms with E-state index in [9.17, 15) is 4.79 Å². The van der Waals surface area contributed by atoms with E-state index in [1.807, 2.05) is 60.7 Å². The van der Waals surface area contributed by atoms with E-state index in [-0.39, 0.29) is 5.78 Å². The summed E-state index contributed by atoms with van der Waals surface area (Å²) in [5.74, 6) is 1.60. The summed E-state index contributed by atoms with van der Waals surface area (Å²) in [4.78, 5) is 12.1. The van der Waals surface area contributed by atoms with E-state index in [1.165, 1.54) is 0 Å². The fraction of sp³-hybridized carbons (Fsp3) is 0.320. The van der Waals surface area contributed by atoms with Crippen molar-refractivity contribution in [2.45, 2.75) is 39.5 Å². The molecule has 28 heavy (non-hydrogen) atoms. The normalized spacial score (nSPS) is 11.2. The second-order valence-corrected chi connectivity index (χ2v) is 6.62. The minimum absolute atomic E-state index is 0.0605. The van der Waals surface area contributed by atoms with Crippen molar-refractivity contribution in [2.24, 2.45) is 0 Å². The third-order valence-electron chi connectivity index (χ3n) is 4.13. The molecule has 0 spiro atoms. The quantitative estimate of drug-likeness (QED) is 0.319. The number of rotatable bonds is 12. The van der Waals surface area contributed by atoms with Crippen molar-refractivity contribution >= 4 is 17.9 Å². The first-order valence-corrected chi connectivity index (χ1v) is 10.1. The van der Waals surface area contributed by atoms with Crippen LogP contribution < -0.4 is 9.47 Å². The van der Waals surface area contributed by atoms with Crippen LogP contribution in [-0.4, -0.2) is 19.0 Å². The predicted molar refractivity (Wildman–Crippen MR) is 117 cm³/mol. The zero-order valence-electron chi connectivity index (χ0n) is 16.9. The average molecular weight is 379 g/mol. The highest BCUT2D eigenvalue weighted by Crippen LogP contribution is 2.16. The number of hydrogen-bond donors (Lipinski definition) is 0. The molecule has 0 amide bonds. The van der Waals surface area contributed by atoms with Gasteiger partial charge < -0.3 is 9.47 Å². The smallest absolute Gasteiger partial charge is 0.178 e. The Morgan fingerprint density at radius 3 is 1.68 bits per heavy atom. The second-order valence-electron chi connectivity index (χ2n) is 6.62. The van der Waals surface area contributed by atoms with Gasteiger partial charge in [-0.25, -0.2) is 0 Å². The van der Waals surface area contributed by atoms with Crippen molar-refractivity contribution in [1.29, 1.82) is 0 Å². The molecule has 0 N–H and O–H groups in total. The maximum absolute atomic E-state index is 12.1. The lowest BCUT2D eigenvalue weighted by Gasteiger charge is -2.05. The van der Waals surface area contributed by atoms with Gasteiger partial charge >= 0.3 is 0 Å². The number of allylic oxidation sites excluding steroid dienone is 2. The number of unbranched alkanes of at least 4 members (excludes halogenated alkanes) is 2. The maximum atomic E-state index is 12.1. The summed E-state index contributed by atoms with van der Waals surface area (Å²) in [7, 11) is 0. The first kappa shape index (κ1) is 21.5. The Balaban J connectivity index is 1.91. The molecule has 0 fully saturated rings. The molecule has 0 saturated carbocycles. The number of carbonyl (C=O) groups is 1. The molecule has 3 nitrogen and oxygen atoms in total. The zero-order valence-corrected chi connectivity index (χ0v) is 16.9. The molecule has 148 valence electrons. The lowest BCUT2D eigenvalue weighted by Crippen LogP contribution is -1.96. The summed E-state index contributed by atoms with van der Waals surface area (Å²) in [6.45, 7) is 5.70. The van der Waals surface area contributed by atoms with Gasteiger partial charge in [0.2, 0.25) is 0 Å². The van der Waals surface area contributed by atoms with Crippen LogP contribution in [0.5, 0.6) is 11.5 Å². The highest BCUT2D eigenvalue weighted by Gasteiger charge is 1.97. The number of ether oxygens (including phenoxy) is 2. The second kappa shape index (κ2) is 12.6. The number of ketones is 1. The molecule has 0 aliphatic rings. The lowest BCUT2D eigenvalue weighted by atomic mass is 10.1. The van der Waals surface area contributed by atoms with Crippen LogP contribution in [0.4, 0.5) is 0 Å². The largest absolute Gasteiger partial charge is 0.494 e. The Kier molecular flexibility index (Phi) is 9.64. The number of benzene rings is 2. The molecule has 0 unspecified atom stereocenters. The van der Waals surface area contributed by atoms with Gasteiger partial charge in [-0.15, -0.1) is 0 Å². The first-order valence-electron chi connectivity index (χ1n) is 10.1. The van der Waals surface area contributed by atoms with Crippen molar-refractivity contribution in [2.75, 3.05) is 13.2 Å². The van der Waals surface area contributed by atoms with Gasteiger partial charge in [-0.1, -0.05) is 63.1 Å². The Labute approximate surface area is 168 Å². The predicted octanol–water partition coefficient (Wildman–Crippen LogP) is 6.34. The number of hydrogen-bond acceptors (Lipinski definition) is 3. The van der Waals surface area contributed by atoms with Crippen LogP contribution in [0.15, 0.2) is 60.7 Å². The molecule has 0 aromatic heterocycles. The van der Waals surface area contributed by atoms with Gasteiger partial charge in [-0.2, -0.15) is 0 Å². The molecule has 0 aliphatic heterocycles. The third kappa shape index (κ3) is 8.26. The highest BCUT2D eigenvalue weighted by atomic mass is 16.5. The van der Waals surface area contributed by atoms with Gasteiger partial charge in [0, 0.05) is 0 Å². The minimum Gasteiger partial charge on any atom is -0.494 e. The molecule has 3 heteroatoms. The molecular formula is C25H30O3. The summed E-state index contributed by atoms with van der Waals surface area (Å²) >= 11 is 0. The van der Waals surface area contributed by atoms with Gasteiger partial charge in [0.15, 0.2) is 5.78 Å². The highest BCUT2D eigenvalue weighted by molar-refractivity contribution is 6.04. The molecular weight excluding hydrogens is 348 g/mol. The Morgan fingerprint density at radius 2 is 1.25 bits per heavy atom. The van der Waals surface area contributed by atoms with Crippen LogP contribution in [0.1, 0.15) is 50.7 Å². The van der Waals surface area contributed by atoms with E-state index >= 15 is 0 Å². The summed E-state index contributed by atoms with van der Waals surface area (Å²) in [5.41, 5.74) is 1.89. The summed E-state index contributed by atoms with van der Waals surface area (Å²) in [5, 5.41) is 0. The van der Waals surface area contributed by atoms with E-state index < -0.39 is 0 Å². The molecule has 2 rings (SSSR count). The summed E-state index contributed by atoms with van der Waals surface area (Å²) in [6, 6.07) is 15.5. The van der Waals surface area contributed by atoms with Crippen LogP contribution in [-0.2, 0) is 4.79 Å². The Hall–Kier alpha value is -2.81. The van der Waals surface area contributed by atoms with Crippen molar-refractivity contribution in [3.05, 3.63) is 71.8 Å². The molecule has 0 radical (unpaired) electrons. The van der Waals surface area contributed by atoms with Gasteiger partial charge in [0.1, 0.15) is 11.5 Å². The van der Waals surface area contributed by atoms with E-state index in [4.69, 9.17) is 9.47 Å². The minimum atomic E-state index is -0.0605. The number of carbonyl (C=O) groups excluding carboxylic acids is 1. The van der Waals surface area contributed by atoms with E-state index in [2.05, 4.69) is 13.8 Å². The molecule has 2 aromatic carbocycles. The van der Waals surface area contributed by atoms with E-state index in [0.717, 1.165) is 48.3 Å².